The van der Waals surface area contributed by atoms with Crippen LogP contribution >= 0.6 is 7.14 Å². The molecule has 12 rings (SSSR count). The van der Waals surface area contributed by atoms with Crippen molar-refractivity contribution >= 4 is 23.3 Å². The summed E-state index contributed by atoms with van der Waals surface area (Å²) in [5, 5.41) is 9.15. The fraction of sp³-hybridized carbons (Fsp3) is 0.125. The molecule has 8 heterocycles. The van der Waals surface area contributed by atoms with Gasteiger partial charge in [0.1, 0.15) is 59.1 Å². The number of hydrogen-bond donors (Lipinski definition) is 2. The van der Waals surface area contributed by atoms with Gasteiger partial charge in [-0.25, -0.2) is 10.6 Å². The molecule has 0 saturated heterocycles. The van der Waals surface area contributed by atoms with Gasteiger partial charge in [0, 0.05) is 0 Å². The standard InChI is InChI=1S/C32H19N4O5P/c37-42-28-16-8-10-22-26(28)31(24-18(38-14-33-31)4-1-6-20(24)40-22)35-12-3-13-36(30(35)42)32-25-19(39-15-34-32)5-2-7-21(25)41-23-11-9-17(16)29(42)27(23)32/h1-13,33-34H,14-15H2/q+2. The highest BCUT2D eigenvalue weighted by atomic mass is 31.2. The molecule has 0 amide bonds. The molecule has 2 atom stereocenters. The number of fused-ring (bicyclic) bond motifs is 1. The van der Waals surface area contributed by atoms with Crippen LogP contribution in [0.5, 0.6) is 34.5 Å². The molecule has 7 aliphatic rings. The highest BCUT2D eigenvalue weighted by Crippen LogP contribution is 2.65. The van der Waals surface area contributed by atoms with Gasteiger partial charge in [0.05, 0.1) is 27.8 Å². The summed E-state index contributed by atoms with van der Waals surface area (Å²) in [6.45, 7) is 0.567. The highest BCUT2D eigenvalue weighted by Gasteiger charge is 2.76. The Labute approximate surface area is 238 Å². The summed E-state index contributed by atoms with van der Waals surface area (Å²) in [5.41, 5.74) is 4.43. The molecule has 0 fully saturated rings. The maximum absolute atomic E-state index is 16.3. The van der Waals surface area contributed by atoms with Crippen molar-refractivity contribution in [3.05, 3.63) is 101 Å². The van der Waals surface area contributed by atoms with Crippen molar-refractivity contribution in [1.82, 2.24) is 10.6 Å². The van der Waals surface area contributed by atoms with E-state index in [9.17, 15) is 0 Å². The van der Waals surface area contributed by atoms with E-state index in [1.807, 2.05) is 67.0 Å². The zero-order valence-electron chi connectivity index (χ0n) is 21.8. The molecule has 2 N–H and O–H groups in total. The van der Waals surface area contributed by atoms with Crippen LogP contribution in [0.25, 0.3) is 11.1 Å². The predicted molar refractivity (Wildman–Crippen MR) is 148 cm³/mol. The van der Waals surface area contributed by atoms with Crippen LogP contribution in [0.15, 0.2) is 79.1 Å². The van der Waals surface area contributed by atoms with Crippen molar-refractivity contribution < 1.29 is 32.6 Å². The summed E-state index contributed by atoms with van der Waals surface area (Å²) >= 11 is 0. The number of rotatable bonds is 0. The molecule has 9 nitrogen and oxygen atoms in total. The normalized spacial score (nSPS) is 27.3. The van der Waals surface area contributed by atoms with Crippen molar-refractivity contribution in [3.63, 3.8) is 0 Å². The summed E-state index contributed by atoms with van der Waals surface area (Å²) < 4.78 is 46.1. The van der Waals surface area contributed by atoms with Gasteiger partial charge in [-0.3, -0.25) is 4.57 Å². The van der Waals surface area contributed by atoms with Crippen molar-refractivity contribution in [2.24, 2.45) is 0 Å². The average Bonchev–Trinajstić information content (AvgIpc) is 3.30. The minimum absolute atomic E-state index is 0.283. The molecule has 7 aliphatic heterocycles. The van der Waals surface area contributed by atoms with Gasteiger partial charge in [-0.15, -0.1) is 9.13 Å². The van der Waals surface area contributed by atoms with Gasteiger partial charge in [0.2, 0.25) is 0 Å². The van der Waals surface area contributed by atoms with Crippen LogP contribution in [-0.4, -0.2) is 13.5 Å². The summed E-state index contributed by atoms with van der Waals surface area (Å²) in [6.07, 6.45) is 4.09. The summed E-state index contributed by atoms with van der Waals surface area (Å²) in [5.74, 6) is 4.33. The molecule has 2 spiro atoms. The van der Waals surface area contributed by atoms with Crippen molar-refractivity contribution in [1.29, 1.82) is 0 Å². The smallest absolute Gasteiger partial charge is 0.477 e. The first kappa shape index (κ1) is 21.1. The lowest BCUT2D eigenvalue weighted by Gasteiger charge is -2.46. The van der Waals surface area contributed by atoms with Crippen LogP contribution in [0.4, 0.5) is 0 Å². The van der Waals surface area contributed by atoms with E-state index in [4.69, 9.17) is 18.9 Å². The minimum Gasteiger partial charge on any atom is -0.477 e. The third kappa shape index (κ3) is 1.82. The Hall–Kier alpha value is -4.69. The quantitative estimate of drug-likeness (QED) is 0.214. The lowest BCUT2D eigenvalue weighted by molar-refractivity contribution is -0.846. The van der Waals surface area contributed by atoms with E-state index in [-0.39, 0.29) is 13.5 Å². The molecule has 5 aromatic rings. The monoisotopic (exact) mass is 570 g/mol. The van der Waals surface area contributed by atoms with Crippen molar-refractivity contribution in [3.8, 4) is 45.6 Å². The Bertz CT molecular complexity index is 2140. The molecule has 10 heteroatoms. The fourth-order valence-electron chi connectivity index (χ4n) is 8.78. The number of nitrogens with zero attached hydrogens (tertiary/aromatic N) is 2. The Balaban J connectivity index is 1.36. The number of aromatic nitrogens is 2. The van der Waals surface area contributed by atoms with Gasteiger partial charge in [-0.1, -0.05) is 12.1 Å². The Morgan fingerprint density at radius 1 is 0.595 bits per heavy atom. The van der Waals surface area contributed by atoms with Crippen molar-refractivity contribution in [2.75, 3.05) is 13.5 Å². The third-order valence-electron chi connectivity index (χ3n) is 10.1. The molecular weight excluding hydrogens is 551 g/mol. The Morgan fingerprint density at radius 3 is 1.60 bits per heavy atom. The predicted octanol–water partition coefficient (Wildman–Crippen LogP) is 2.10. The first-order chi connectivity index (χ1) is 20.7. The van der Waals surface area contributed by atoms with Gasteiger partial charge in [0.25, 0.3) is 11.3 Å². The SMILES string of the molecule is O=P12c3c4ccc5c3C3(NCOc6cccc(c63)O5)[n+]3ccc[n+](c31)C13NCOc5cccc(c51)Oc1ccc-4c2c13. The molecule has 200 valence electrons. The largest absolute Gasteiger partial charge is 0.485 e. The molecule has 4 aromatic carbocycles. The first-order valence-corrected chi connectivity index (χ1v) is 15.7. The summed E-state index contributed by atoms with van der Waals surface area (Å²) in [4.78, 5) is 0. The second-order valence-corrected chi connectivity index (χ2v) is 14.1. The lowest BCUT2D eigenvalue weighted by Crippen LogP contribution is -2.88. The van der Waals surface area contributed by atoms with Gasteiger partial charge < -0.3 is 18.9 Å². The zero-order chi connectivity index (χ0) is 27.2. The number of nitrogens with one attached hydrogen (secondary N) is 2. The van der Waals surface area contributed by atoms with Gasteiger partial charge >= 0.3 is 12.7 Å². The topological polar surface area (TPSA) is 85.8 Å². The molecule has 0 aliphatic carbocycles. The van der Waals surface area contributed by atoms with Crippen LogP contribution in [0.2, 0.25) is 0 Å². The molecule has 0 saturated carbocycles. The fourth-order valence-corrected chi connectivity index (χ4v) is 12.7. The Morgan fingerprint density at radius 2 is 1.07 bits per heavy atom. The lowest BCUT2D eigenvalue weighted by atomic mass is 9.83. The van der Waals surface area contributed by atoms with Gasteiger partial charge in [-0.2, -0.15) is 0 Å². The second kappa shape index (κ2) is 6.22. The Kier molecular flexibility index (Phi) is 3.12. The molecular formula is C32H19N4O5P+2. The summed E-state index contributed by atoms with van der Waals surface area (Å²) in [6, 6.07) is 22.0. The van der Waals surface area contributed by atoms with E-state index >= 15 is 4.57 Å². The second-order valence-electron chi connectivity index (χ2n) is 11.6. The number of benzene rings is 4. The number of hydrogen-bond acceptors (Lipinski definition) is 7. The van der Waals surface area contributed by atoms with E-state index in [0.29, 0.717) is 23.0 Å². The average molecular weight is 571 g/mol. The van der Waals surface area contributed by atoms with E-state index < -0.39 is 18.5 Å². The van der Waals surface area contributed by atoms with Crippen LogP contribution in [0.3, 0.4) is 0 Å². The van der Waals surface area contributed by atoms with E-state index in [1.54, 1.807) is 0 Å². The molecule has 0 radical (unpaired) electrons. The van der Waals surface area contributed by atoms with Crippen LogP contribution in [0.1, 0.15) is 22.3 Å². The van der Waals surface area contributed by atoms with E-state index in [0.717, 1.165) is 61.1 Å². The van der Waals surface area contributed by atoms with E-state index in [2.05, 4.69) is 31.9 Å². The summed E-state index contributed by atoms with van der Waals surface area (Å²) in [7, 11) is -3.44. The van der Waals surface area contributed by atoms with Crippen molar-refractivity contribution in [2.45, 2.75) is 11.3 Å². The molecule has 2 unspecified atom stereocenters. The molecule has 0 bridgehead atoms. The third-order valence-corrected chi connectivity index (χ3v) is 13.3. The van der Waals surface area contributed by atoms with Gasteiger partial charge in [0.15, 0.2) is 12.4 Å². The van der Waals surface area contributed by atoms with E-state index in [1.165, 1.54) is 0 Å². The maximum atomic E-state index is 16.3. The van der Waals surface area contributed by atoms with Crippen LogP contribution < -0.4 is 54.9 Å². The van der Waals surface area contributed by atoms with Gasteiger partial charge in [-0.05, 0) is 59.7 Å². The first-order valence-electron chi connectivity index (χ1n) is 14.0. The zero-order valence-corrected chi connectivity index (χ0v) is 22.7. The molecule has 42 heavy (non-hydrogen) atoms. The van der Waals surface area contributed by atoms with Crippen LogP contribution in [0, 0.1) is 0 Å². The van der Waals surface area contributed by atoms with Crippen LogP contribution in [-0.2, 0) is 15.9 Å². The molecule has 1 aromatic heterocycles. The minimum atomic E-state index is -3.44. The highest BCUT2D eigenvalue weighted by molar-refractivity contribution is 7.86. The maximum Gasteiger partial charge on any atom is 0.485 e. The number of ether oxygens (including phenoxy) is 4.